The van der Waals surface area contributed by atoms with Gasteiger partial charge in [-0.3, -0.25) is 4.79 Å². The van der Waals surface area contributed by atoms with Crippen LogP contribution < -0.4 is 4.74 Å². The van der Waals surface area contributed by atoms with E-state index >= 15 is 0 Å². The number of hydrogen-bond acceptors (Lipinski definition) is 3. The number of thioether (sulfide) groups is 1. The zero-order chi connectivity index (χ0) is 16.2. The van der Waals surface area contributed by atoms with Gasteiger partial charge in [0.25, 0.3) is 0 Å². The van der Waals surface area contributed by atoms with E-state index in [-0.39, 0.29) is 11.3 Å². The molecule has 0 unspecified atom stereocenters. The number of aryl methyl sites for hydroxylation is 2. The van der Waals surface area contributed by atoms with Crippen molar-refractivity contribution in [3.05, 3.63) is 65.2 Å². The first-order valence-electron chi connectivity index (χ1n) is 7.81. The molecule has 2 aromatic carbocycles. The molecule has 0 radical (unpaired) electrons. The number of ether oxygens (including phenoxy) is 1. The lowest BCUT2D eigenvalue weighted by atomic mass is 10.1. The summed E-state index contributed by atoms with van der Waals surface area (Å²) in [5.74, 6) is 1.60. The summed E-state index contributed by atoms with van der Waals surface area (Å²) >= 11 is 1.68. The van der Waals surface area contributed by atoms with Crippen LogP contribution in [0.3, 0.4) is 0 Å². The maximum absolute atomic E-state index is 12.1. The minimum absolute atomic E-state index is 0.104. The van der Waals surface area contributed by atoms with Crippen molar-refractivity contribution in [3.8, 4) is 5.75 Å². The second-order valence-electron chi connectivity index (χ2n) is 5.76. The molecular weight excluding hydrogens is 306 g/mol. The highest BCUT2D eigenvalue weighted by Crippen LogP contribution is 2.38. The molecule has 1 heterocycles. The lowest BCUT2D eigenvalue weighted by Crippen LogP contribution is -2.32. The summed E-state index contributed by atoms with van der Waals surface area (Å²) < 4.78 is 5.83. The van der Waals surface area contributed by atoms with Gasteiger partial charge < -0.3 is 9.64 Å². The van der Waals surface area contributed by atoms with Gasteiger partial charge in [-0.2, -0.15) is 0 Å². The van der Waals surface area contributed by atoms with Gasteiger partial charge in [-0.05, 0) is 42.7 Å². The van der Waals surface area contributed by atoms with Gasteiger partial charge in [0.1, 0.15) is 17.7 Å². The van der Waals surface area contributed by atoms with E-state index in [2.05, 4.69) is 32.0 Å². The highest BCUT2D eigenvalue weighted by molar-refractivity contribution is 8.00. The highest BCUT2D eigenvalue weighted by atomic mass is 32.2. The third-order valence-electron chi connectivity index (χ3n) is 4.13. The zero-order valence-electron chi connectivity index (χ0n) is 13.5. The second-order valence-corrected chi connectivity index (χ2v) is 6.82. The summed E-state index contributed by atoms with van der Waals surface area (Å²) in [6, 6.07) is 16.3. The second kappa shape index (κ2) is 7.09. The summed E-state index contributed by atoms with van der Waals surface area (Å²) in [6.07, 6.45) is 0. The molecule has 0 aromatic heterocycles. The Balaban J connectivity index is 1.61. The number of carbonyl (C=O) groups excluding carboxylic acids is 1. The molecule has 4 heteroatoms. The Bertz CT molecular complexity index is 687. The predicted octanol–water partition coefficient (Wildman–Crippen LogP) is 3.96. The van der Waals surface area contributed by atoms with Crippen molar-refractivity contribution in [2.75, 3.05) is 18.9 Å². The minimum Gasteiger partial charge on any atom is -0.492 e. The van der Waals surface area contributed by atoms with Gasteiger partial charge in [0, 0.05) is 0 Å². The van der Waals surface area contributed by atoms with Crippen LogP contribution in [0.15, 0.2) is 48.5 Å². The van der Waals surface area contributed by atoms with E-state index < -0.39 is 0 Å². The Morgan fingerprint density at radius 2 is 1.91 bits per heavy atom. The molecule has 1 saturated heterocycles. The number of benzene rings is 2. The Kier molecular flexibility index (Phi) is 4.91. The number of nitrogens with zero attached hydrogens (tertiary/aromatic N) is 1. The molecule has 120 valence electrons. The highest BCUT2D eigenvalue weighted by Gasteiger charge is 2.32. The lowest BCUT2D eigenvalue weighted by molar-refractivity contribution is -0.128. The van der Waals surface area contributed by atoms with Crippen LogP contribution in [0.1, 0.15) is 22.1 Å². The SMILES string of the molecule is Cc1ccc(OCCN2C(=O)CS[C@H]2c2ccccc2)cc1C. The lowest BCUT2D eigenvalue weighted by Gasteiger charge is -2.24. The van der Waals surface area contributed by atoms with E-state index in [1.54, 1.807) is 11.8 Å². The molecule has 1 fully saturated rings. The van der Waals surface area contributed by atoms with Gasteiger partial charge in [0.05, 0.1) is 12.3 Å². The molecule has 1 atom stereocenters. The van der Waals surface area contributed by atoms with Crippen LogP contribution in [0.4, 0.5) is 0 Å². The van der Waals surface area contributed by atoms with Gasteiger partial charge in [-0.1, -0.05) is 36.4 Å². The fraction of sp³-hybridized carbons (Fsp3) is 0.316. The molecule has 0 saturated carbocycles. The van der Waals surface area contributed by atoms with Crippen molar-refractivity contribution in [3.63, 3.8) is 0 Å². The van der Waals surface area contributed by atoms with E-state index in [0.29, 0.717) is 18.9 Å². The number of rotatable bonds is 5. The fourth-order valence-corrected chi connectivity index (χ4v) is 3.87. The van der Waals surface area contributed by atoms with Crippen molar-refractivity contribution in [2.24, 2.45) is 0 Å². The third kappa shape index (κ3) is 3.70. The Labute approximate surface area is 141 Å². The third-order valence-corrected chi connectivity index (χ3v) is 5.39. The van der Waals surface area contributed by atoms with Gasteiger partial charge in [-0.25, -0.2) is 0 Å². The summed E-state index contributed by atoms with van der Waals surface area (Å²) in [5.41, 5.74) is 3.65. The van der Waals surface area contributed by atoms with E-state index in [4.69, 9.17) is 4.74 Å². The quantitative estimate of drug-likeness (QED) is 0.832. The topological polar surface area (TPSA) is 29.5 Å². The molecule has 2 aromatic rings. The van der Waals surface area contributed by atoms with Crippen LogP contribution in [-0.4, -0.2) is 29.7 Å². The molecule has 0 bridgehead atoms. The molecule has 3 rings (SSSR count). The van der Waals surface area contributed by atoms with Gasteiger partial charge in [0.15, 0.2) is 0 Å². The van der Waals surface area contributed by atoms with Crippen molar-refractivity contribution in [1.82, 2.24) is 4.90 Å². The minimum atomic E-state index is 0.104. The Hall–Kier alpha value is -1.94. The molecule has 0 aliphatic carbocycles. The van der Waals surface area contributed by atoms with Crippen molar-refractivity contribution >= 4 is 17.7 Å². The molecular formula is C19H21NO2S. The average Bonchev–Trinajstić information content (AvgIpc) is 2.93. The zero-order valence-corrected chi connectivity index (χ0v) is 14.3. The largest absolute Gasteiger partial charge is 0.492 e. The summed E-state index contributed by atoms with van der Waals surface area (Å²) in [4.78, 5) is 14.1. The molecule has 0 spiro atoms. The Morgan fingerprint density at radius 3 is 2.65 bits per heavy atom. The van der Waals surface area contributed by atoms with Crippen LogP contribution >= 0.6 is 11.8 Å². The summed E-state index contributed by atoms with van der Waals surface area (Å²) in [5, 5.41) is 0.104. The molecule has 0 N–H and O–H groups in total. The van der Waals surface area contributed by atoms with Gasteiger partial charge in [0.2, 0.25) is 5.91 Å². The van der Waals surface area contributed by atoms with Crippen molar-refractivity contribution < 1.29 is 9.53 Å². The first-order chi connectivity index (χ1) is 11.1. The first kappa shape index (κ1) is 15.9. The molecule has 3 nitrogen and oxygen atoms in total. The van der Waals surface area contributed by atoms with Crippen LogP contribution in [-0.2, 0) is 4.79 Å². The summed E-state index contributed by atoms with van der Waals surface area (Å²) in [7, 11) is 0. The van der Waals surface area contributed by atoms with Crippen LogP contribution in [0.5, 0.6) is 5.75 Å². The van der Waals surface area contributed by atoms with E-state index in [0.717, 1.165) is 5.75 Å². The Morgan fingerprint density at radius 1 is 1.13 bits per heavy atom. The van der Waals surface area contributed by atoms with E-state index in [1.807, 2.05) is 35.2 Å². The molecule has 1 aliphatic rings. The van der Waals surface area contributed by atoms with Crippen LogP contribution in [0, 0.1) is 13.8 Å². The predicted molar refractivity (Wildman–Crippen MR) is 94.8 cm³/mol. The maximum Gasteiger partial charge on any atom is 0.233 e. The molecule has 1 amide bonds. The number of hydrogen-bond donors (Lipinski definition) is 0. The smallest absolute Gasteiger partial charge is 0.233 e. The average molecular weight is 327 g/mol. The van der Waals surface area contributed by atoms with Crippen molar-refractivity contribution in [1.29, 1.82) is 0 Å². The number of amides is 1. The fourth-order valence-electron chi connectivity index (χ4n) is 2.66. The van der Waals surface area contributed by atoms with E-state index in [1.165, 1.54) is 16.7 Å². The van der Waals surface area contributed by atoms with Crippen LogP contribution in [0.25, 0.3) is 0 Å². The molecule has 23 heavy (non-hydrogen) atoms. The number of carbonyl (C=O) groups is 1. The normalized spacial score (nSPS) is 17.6. The standard InChI is InChI=1S/C19H21NO2S/c1-14-8-9-17(12-15(14)2)22-11-10-20-18(21)13-23-19(20)16-6-4-3-5-7-16/h3-9,12,19H,10-11,13H2,1-2H3/t19-/m0/s1. The maximum atomic E-state index is 12.1. The monoisotopic (exact) mass is 327 g/mol. The van der Waals surface area contributed by atoms with Crippen molar-refractivity contribution in [2.45, 2.75) is 19.2 Å². The first-order valence-corrected chi connectivity index (χ1v) is 8.86. The van der Waals surface area contributed by atoms with E-state index in [9.17, 15) is 4.79 Å². The van der Waals surface area contributed by atoms with Crippen LogP contribution in [0.2, 0.25) is 0 Å². The van der Waals surface area contributed by atoms with Gasteiger partial charge in [-0.15, -0.1) is 11.8 Å². The molecule has 1 aliphatic heterocycles. The van der Waals surface area contributed by atoms with Gasteiger partial charge >= 0.3 is 0 Å². The summed E-state index contributed by atoms with van der Waals surface area (Å²) in [6.45, 7) is 5.29.